The van der Waals surface area contributed by atoms with Crippen LogP contribution in [-0.4, -0.2) is 48.6 Å². The molecule has 0 aromatic rings. The summed E-state index contributed by atoms with van der Waals surface area (Å²) in [5.41, 5.74) is 0. The Balaban J connectivity index is 1.93. The Labute approximate surface area is 306 Å². The molecule has 1 saturated heterocycles. The predicted molar refractivity (Wildman–Crippen MR) is 209 cm³/mol. The fourth-order valence-electron chi connectivity index (χ4n) is 5.75. The fourth-order valence-corrected chi connectivity index (χ4v) is 5.75. The Morgan fingerprint density at radius 2 is 1.10 bits per heavy atom. The van der Waals surface area contributed by atoms with Crippen molar-refractivity contribution in [1.29, 1.82) is 0 Å². The van der Waals surface area contributed by atoms with Gasteiger partial charge in [0.15, 0.2) is 6.10 Å². The van der Waals surface area contributed by atoms with Crippen LogP contribution in [0.15, 0.2) is 60.8 Å². The van der Waals surface area contributed by atoms with Gasteiger partial charge < -0.3 is 19.3 Å². The average Bonchev–Trinajstić information content (AvgIpc) is 3.86. The number of hydrogen-bond acceptors (Lipinski definition) is 6. The molecule has 0 aromatic carbocycles. The molecular formula is C44H74O6. The second-order valence-corrected chi connectivity index (χ2v) is 14.2. The molecule has 0 spiro atoms. The summed E-state index contributed by atoms with van der Waals surface area (Å²) >= 11 is 0. The summed E-state index contributed by atoms with van der Waals surface area (Å²) in [6.45, 7) is 6.30. The predicted octanol–water partition coefficient (Wildman–Crippen LogP) is 11.6. The quantitative estimate of drug-likeness (QED) is 0.0312. The van der Waals surface area contributed by atoms with Gasteiger partial charge in [0, 0.05) is 12.8 Å². The van der Waals surface area contributed by atoms with Crippen LogP contribution in [0.3, 0.4) is 0 Å². The SMILES string of the molecule is CC/C=C\CC1OC1C/C=C\C/C=C\C/C=C\C/C=C\CCC(=O)O[C@@H](CO)COC(=O)CCCCCCCCCCCCCCCC(C)C. The molecule has 0 amide bonds. The summed E-state index contributed by atoms with van der Waals surface area (Å²) in [6.07, 6.45) is 46.2. The lowest BCUT2D eigenvalue weighted by molar-refractivity contribution is -0.161. The number of esters is 2. The summed E-state index contributed by atoms with van der Waals surface area (Å²) in [7, 11) is 0. The first-order chi connectivity index (χ1) is 24.5. The van der Waals surface area contributed by atoms with Crippen molar-refractivity contribution in [2.45, 2.75) is 187 Å². The molecule has 1 N–H and O–H groups in total. The number of allylic oxidation sites excluding steroid dienone is 8. The highest BCUT2D eigenvalue weighted by Gasteiger charge is 2.35. The maximum atomic E-state index is 12.2. The molecule has 0 aromatic heterocycles. The Bertz CT molecular complexity index is 962. The minimum Gasteiger partial charge on any atom is -0.462 e. The van der Waals surface area contributed by atoms with Gasteiger partial charge >= 0.3 is 11.9 Å². The molecule has 1 aliphatic rings. The van der Waals surface area contributed by atoms with E-state index in [4.69, 9.17) is 14.2 Å². The van der Waals surface area contributed by atoms with E-state index in [1.807, 2.05) is 12.2 Å². The largest absolute Gasteiger partial charge is 0.462 e. The smallest absolute Gasteiger partial charge is 0.306 e. The molecule has 2 unspecified atom stereocenters. The van der Waals surface area contributed by atoms with E-state index in [0.717, 1.165) is 63.7 Å². The third-order valence-corrected chi connectivity index (χ3v) is 8.92. The lowest BCUT2D eigenvalue weighted by Crippen LogP contribution is -2.28. The highest BCUT2D eigenvalue weighted by atomic mass is 16.6. The van der Waals surface area contributed by atoms with Gasteiger partial charge in [-0.05, 0) is 57.3 Å². The number of epoxide rings is 1. The van der Waals surface area contributed by atoms with Crippen LogP contribution < -0.4 is 0 Å². The fraction of sp³-hybridized carbons (Fsp3) is 0.727. The van der Waals surface area contributed by atoms with Gasteiger partial charge in [0.05, 0.1) is 18.8 Å². The van der Waals surface area contributed by atoms with Gasteiger partial charge in [-0.25, -0.2) is 0 Å². The normalized spacial score (nSPS) is 17.0. The molecule has 50 heavy (non-hydrogen) atoms. The third kappa shape index (κ3) is 30.4. The third-order valence-electron chi connectivity index (χ3n) is 8.92. The number of rotatable bonds is 34. The van der Waals surface area contributed by atoms with Gasteiger partial charge in [0.2, 0.25) is 0 Å². The van der Waals surface area contributed by atoms with Gasteiger partial charge in [0.1, 0.15) is 6.61 Å². The second-order valence-electron chi connectivity index (χ2n) is 14.2. The summed E-state index contributed by atoms with van der Waals surface area (Å²) in [6, 6.07) is 0. The Morgan fingerprint density at radius 3 is 1.62 bits per heavy atom. The zero-order chi connectivity index (χ0) is 36.3. The van der Waals surface area contributed by atoms with Gasteiger partial charge in [-0.15, -0.1) is 0 Å². The number of unbranched alkanes of at least 4 members (excludes halogenated alkanes) is 12. The molecule has 0 aliphatic carbocycles. The van der Waals surface area contributed by atoms with E-state index in [0.29, 0.717) is 25.0 Å². The Kier molecular flexibility index (Phi) is 30.7. The van der Waals surface area contributed by atoms with Crippen molar-refractivity contribution in [3.8, 4) is 0 Å². The van der Waals surface area contributed by atoms with Gasteiger partial charge in [0.25, 0.3) is 0 Å². The number of carbonyl (C=O) groups excluding carboxylic acids is 2. The number of hydrogen-bond donors (Lipinski definition) is 1. The lowest BCUT2D eigenvalue weighted by Gasteiger charge is -2.15. The number of ether oxygens (including phenoxy) is 3. The second kappa shape index (κ2) is 33.7. The molecule has 3 atom stereocenters. The van der Waals surface area contributed by atoms with Crippen LogP contribution in [-0.2, 0) is 23.8 Å². The van der Waals surface area contributed by atoms with Crippen LogP contribution in [0, 0.1) is 5.92 Å². The van der Waals surface area contributed by atoms with E-state index >= 15 is 0 Å². The zero-order valence-corrected chi connectivity index (χ0v) is 32.2. The molecule has 0 saturated carbocycles. The topological polar surface area (TPSA) is 85.4 Å². The molecule has 1 fully saturated rings. The van der Waals surface area contributed by atoms with Crippen LogP contribution in [0.1, 0.15) is 168 Å². The first kappa shape index (κ1) is 45.6. The van der Waals surface area contributed by atoms with E-state index in [1.54, 1.807) is 0 Å². The van der Waals surface area contributed by atoms with Crippen LogP contribution >= 0.6 is 0 Å². The molecule has 1 rings (SSSR count). The molecular weight excluding hydrogens is 624 g/mol. The molecule has 286 valence electrons. The highest BCUT2D eigenvalue weighted by Crippen LogP contribution is 2.29. The molecule has 6 nitrogen and oxygen atoms in total. The van der Waals surface area contributed by atoms with E-state index in [1.165, 1.54) is 70.6 Å². The van der Waals surface area contributed by atoms with E-state index < -0.39 is 12.1 Å². The minimum absolute atomic E-state index is 0.0998. The summed E-state index contributed by atoms with van der Waals surface area (Å²) in [5.74, 6) is 0.147. The minimum atomic E-state index is -0.815. The van der Waals surface area contributed by atoms with Gasteiger partial charge in [-0.1, -0.05) is 165 Å². The van der Waals surface area contributed by atoms with Crippen molar-refractivity contribution in [2.24, 2.45) is 5.92 Å². The van der Waals surface area contributed by atoms with Crippen molar-refractivity contribution < 1.29 is 28.9 Å². The van der Waals surface area contributed by atoms with Crippen LogP contribution in [0.2, 0.25) is 0 Å². The first-order valence-corrected chi connectivity index (χ1v) is 20.3. The standard InChI is InChI=1S/C44H74O6/c1-4-5-27-33-41-42(50-41)34-29-24-20-16-12-9-10-14-18-22-26-31-36-44(47)49-40(37-45)38-48-43(46)35-30-25-21-17-13-8-6-7-11-15-19-23-28-32-39(2)3/h5,10,12,14,16,22,24,26-27,29,39-42,45H,4,6-9,11,13,15,17-21,23,25,28,30-38H2,1-3H3/b14-10-,16-12-,26-22-,27-5-,29-24-/t40-,41?,42?/m0/s1. The monoisotopic (exact) mass is 699 g/mol. The van der Waals surface area contributed by atoms with Crippen LogP contribution in [0.25, 0.3) is 0 Å². The zero-order valence-electron chi connectivity index (χ0n) is 32.2. The number of carbonyl (C=O) groups is 2. The molecule has 0 radical (unpaired) electrons. The van der Waals surface area contributed by atoms with E-state index in [9.17, 15) is 14.7 Å². The Morgan fingerprint density at radius 1 is 0.620 bits per heavy atom. The Hall–Kier alpha value is -2.44. The summed E-state index contributed by atoms with van der Waals surface area (Å²) in [5, 5.41) is 9.55. The average molecular weight is 699 g/mol. The van der Waals surface area contributed by atoms with E-state index in [2.05, 4.69) is 69.4 Å². The van der Waals surface area contributed by atoms with Crippen molar-refractivity contribution >= 4 is 11.9 Å². The van der Waals surface area contributed by atoms with Crippen molar-refractivity contribution in [3.05, 3.63) is 60.8 Å². The maximum absolute atomic E-state index is 12.2. The van der Waals surface area contributed by atoms with Gasteiger partial charge in [-0.2, -0.15) is 0 Å². The first-order valence-electron chi connectivity index (χ1n) is 20.3. The van der Waals surface area contributed by atoms with E-state index in [-0.39, 0.29) is 25.6 Å². The molecule has 6 heteroatoms. The lowest BCUT2D eigenvalue weighted by atomic mass is 10.0. The summed E-state index contributed by atoms with van der Waals surface area (Å²) in [4.78, 5) is 24.3. The van der Waals surface area contributed by atoms with Crippen molar-refractivity contribution in [1.82, 2.24) is 0 Å². The number of aliphatic hydroxyl groups excluding tert-OH is 1. The van der Waals surface area contributed by atoms with Crippen LogP contribution in [0.5, 0.6) is 0 Å². The van der Waals surface area contributed by atoms with Gasteiger partial charge in [-0.3, -0.25) is 9.59 Å². The highest BCUT2D eigenvalue weighted by molar-refractivity contribution is 5.70. The van der Waals surface area contributed by atoms with Crippen molar-refractivity contribution in [3.63, 3.8) is 0 Å². The maximum Gasteiger partial charge on any atom is 0.306 e. The van der Waals surface area contributed by atoms with Crippen LogP contribution in [0.4, 0.5) is 0 Å². The molecule has 1 heterocycles. The molecule has 1 aliphatic heterocycles. The summed E-state index contributed by atoms with van der Waals surface area (Å²) < 4.78 is 16.2. The van der Waals surface area contributed by atoms with Crippen molar-refractivity contribution in [2.75, 3.05) is 13.2 Å². The molecule has 0 bridgehead atoms. The number of aliphatic hydroxyl groups is 1.